The lowest BCUT2D eigenvalue weighted by Crippen LogP contribution is -2.43. The Kier molecular flexibility index (Phi) is 3.52. The number of hydrogen-bond donors (Lipinski definition) is 1. The molecule has 76 valence electrons. The molecule has 3 heteroatoms. The zero-order chi connectivity index (χ0) is 9.10. The summed E-state index contributed by atoms with van der Waals surface area (Å²) in [5.74, 6) is 2.63. The van der Waals surface area contributed by atoms with Crippen molar-refractivity contribution in [1.82, 2.24) is 5.32 Å². The van der Waals surface area contributed by atoms with Crippen LogP contribution in [-0.2, 0) is 4.74 Å². The summed E-state index contributed by atoms with van der Waals surface area (Å²) in [6, 6.07) is 1.39. The van der Waals surface area contributed by atoms with Crippen molar-refractivity contribution in [2.75, 3.05) is 18.6 Å². The minimum Gasteiger partial charge on any atom is -0.380 e. The maximum absolute atomic E-state index is 5.46. The van der Waals surface area contributed by atoms with Crippen molar-refractivity contribution in [2.24, 2.45) is 0 Å². The molecule has 0 aromatic rings. The van der Waals surface area contributed by atoms with E-state index < -0.39 is 0 Å². The highest BCUT2D eigenvalue weighted by atomic mass is 32.2. The molecule has 1 heterocycles. The van der Waals surface area contributed by atoms with Gasteiger partial charge in [0.1, 0.15) is 0 Å². The fraction of sp³-hybridized carbons (Fsp3) is 1.00. The van der Waals surface area contributed by atoms with Crippen LogP contribution in [0.2, 0.25) is 0 Å². The highest BCUT2D eigenvalue weighted by molar-refractivity contribution is 7.99. The molecule has 2 aliphatic rings. The summed E-state index contributed by atoms with van der Waals surface area (Å²) in [5.41, 5.74) is 0. The Morgan fingerprint density at radius 1 is 1.31 bits per heavy atom. The summed E-state index contributed by atoms with van der Waals surface area (Å²) in [7, 11) is 1.84. The van der Waals surface area contributed by atoms with Gasteiger partial charge in [0.15, 0.2) is 0 Å². The molecule has 0 amide bonds. The maximum Gasteiger partial charge on any atom is 0.0724 e. The van der Waals surface area contributed by atoms with E-state index >= 15 is 0 Å². The molecule has 1 saturated carbocycles. The summed E-state index contributed by atoms with van der Waals surface area (Å²) in [6.07, 6.45) is 5.70. The third-order valence-corrected chi connectivity index (χ3v) is 4.30. The Morgan fingerprint density at radius 2 is 2.23 bits per heavy atom. The van der Waals surface area contributed by atoms with E-state index in [0.29, 0.717) is 12.1 Å². The van der Waals surface area contributed by atoms with Gasteiger partial charge in [-0.1, -0.05) is 0 Å². The van der Waals surface area contributed by atoms with Crippen LogP contribution in [0.15, 0.2) is 0 Å². The van der Waals surface area contributed by atoms with E-state index in [4.69, 9.17) is 4.74 Å². The Morgan fingerprint density at radius 3 is 2.92 bits per heavy atom. The van der Waals surface area contributed by atoms with Gasteiger partial charge in [0.25, 0.3) is 0 Å². The van der Waals surface area contributed by atoms with E-state index in [9.17, 15) is 0 Å². The zero-order valence-corrected chi connectivity index (χ0v) is 9.11. The molecule has 1 aliphatic heterocycles. The van der Waals surface area contributed by atoms with Crippen LogP contribution in [0.5, 0.6) is 0 Å². The van der Waals surface area contributed by atoms with Crippen LogP contribution < -0.4 is 5.32 Å². The first-order chi connectivity index (χ1) is 6.40. The van der Waals surface area contributed by atoms with E-state index in [2.05, 4.69) is 17.1 Å². The number of hydrogen-bond acceptors (Lipinski definition) is 3. The van der Waals surface area contributed by atoms with Crippen molar-refractivity contribution in [3.8, 4) is 0 Å². The lowest BCUT2D eigenvalue weighted by atomic mass is 10.1. The largest absolute Gasteiger partial charge is 0.380 e. The molecule has 13 heavy (non-hydrogen) atoms. The molecular weight excluding hydrogens is 182 g/mol. The second-order valence-electron chi connectivity index (χ2n) is 4.04. The molecule has 2 rings (SSSR count). The Labute approximate surface area is 84.8 Å². The molecule has 3 atom stereocenters. The first kappa shape index (κ1) is 9.81. The number of rotatable bonds is 3. The molecule has 2 fully saturated rings. The van der Waals surface area contributed by atoms with Crippen molar-refractivity contribution in [3.63, 3.8) is 0 Å². The van der Waals surface area contributed by atoms with Crippen LogP contribution in [0.25, 0.3) is 0 Å². The third-order valence-electron chi connectivity index (χ3n) is 3.13. The van der Waals surface area contributed by atoms with Crippen molar-refractivity contribution in [1.29, 1.82) is 0 Å². The van der Waals surface area contributed by atoms with Gasteiger partial charge >= 0.3 is 0 Å². The fourth-order valence-electron chi connectivity index (χ4n) is 2.37. The molecule has 0 aromatic carbocycles. The number of methoxy groups -OCH3 is 1. The predicted octanol–water partition coefficient (Wildman–Crippen LogP) is 1.65. The molecule has 1 unspecified atom stereocenters. The van der Waals surface area contributed by atoms with Crippen LogP contribution in [-0.4, -0.2) is 36.8 Å². The van der Waals surface area contributed by atoms with Gasteiger partial charge in [-0.05, 0) is 31.4 Å². The lowest BCUT2D eigenvalue weighted by molar-refractivity contribution is 0.0823. The van der Waals surface area contributed by atoms with Gasteiger partial charge in [-0.15, -0.1) is 0 Å². The topological polar surface area (TPSA) is 21.3 Å². The SMILES string of the molecule is CO[C@@H]1CCC[C@H]1NC1CCSC1. The van der Waals surface area contributed by atoms with Crippen LogP contribution in [0.3, 0.4) is 0 Å². The number of thioether (sulfide) groups is 1. The molecule has 1 aliphatic carbocycles. The van der Waals surface area contributed by atoms with Gasteiger partial charge in [0.05, 0.1) is 6.10 Å². The predicted molar refractivity (Wildman–Crippen MR) is 57.3 cm³/mol. The Hall–Kier alpha value is 0.270. The summed E-state index contributed by atoms with van der Waals surface area (Å²) in [4.78, 5) is 0. The summed E-state index contributed by atoms with van der Waals surface area (Å²) in [6.45, 7) is 0. The van der Waals surface area contributed by atoms with E-state index in [1.807, 2.05) is 7.11 Å². The average Bonchev–Trinajstić information content (AvgIpc) is 2.76. The zero-order valence-electron chi connectivity index (χ0n) is 8.29. The first-order valence-corrected chi connectivity index (χ1v) is 6.42. The molecular formula is C10H19NOS. The van der Waals surface area contributed by atoms with Crippen LogP contribution in [0.1, 0.15) is 25.7 Å². The van der Waals surface area contributed by atoms with E-state index in [0.717, 1.165) is 6.04 Å². The van der Waals surface area contributed by atoms with Gasteiger partial charge in [-0.2, -0.15) is 11.8 Å². The smallest absolute Gasteiger partial charge is 0.0724 e. The van der Waals surface area contributed by atoms with E-state index in [-0.39, 0.29) is 0 Å². The molecule has 0 spiro atoms. The van der Waals surface area contributed by atoms with Crippen molar-refractivity contribution in [2.45, 2.75) is 43.9 Å². The van der Waals surface area contributed by atoms with Gasteiger partial charge in [-0.3, -0.25) is 0 Å². The number of nitrogens with one attached hydrogen (secondary N) is 1. The first-order valence-electron chi connectivity index (χ1n) is 5.26. The van der Waals surface area contributed by atoms with Crippen LogP contribution >= 0.6 is 11.8 Å². The summed E-state index contributed by atoms with van der Waals surface area (Å²) < 4.78 is 5.46. The fourth-order valence-corrected chi connectivity index (χ4v) is 3.53. The Balaban J connectivity index is 1.79. The lowest BCUT2D eigenvalue weighted by Gasteiger charge is -2.23. The van der Waals surface area contributed by atoms with Gasteiger partial charge in [-0.25, -0.2) is 0 Å². The van der Waals surface area contributed by atoms with E-state index in [1.54, 1.807) is 0 Å². The highest BCUT2D eigenvalue weighted by Gasteiger charge is 2.29. The second-order valence-corrected chi connectivity index (χ2v) is 5.19. The standard InChI is InChI=1S/C10H19NOS/c1-12-10-4-2-3-9(10)11-8-5-6-13-7-8/h8-11H,2-7H2,1H3/t8?,9-,10-/m1/s1. The van der Waals surface area contributed by atoms with E-state index in [1.165, 1.54) is 37.2 Å². The molecule has 0 aromatic heterocycles. The van der Waals surface area contributed by atoms with Gasteiger partial charge in [0.2, 0.25) is 0 Å². The maximum atomic E-state index is 5.46. The minimum absolute atomic E-state index is 0.477. The molecule has 2 nitrogen and oxygen atoms in total. The molecule has 0 radical (unpaired) electrons. The van der Waals surface area contributed by atoms with Gasteiger partial charge < -0.3 is 10.1 Å². The van der Waals surface area contributed by atoms with Crippen molar-refractivity contribution < 1.29 is 4.74 Å². The molecule has 1 N–H and O–H groups in total. The monoisotopic (exact) mass is 201 g/mol. The summed E-state index contributed by atoms with van der Waals surface area (Å²) in [5, 5.41) is 3.73. The van der Waals surface area contributed by atoms with Gasteiger partial charge in [0, 0.05) is 24.9 Å². The van der Waals surface area contributed by atoms with Crippen molar-refractivity contribution in [3.05, 3.63) is 0 Å². The van der Waals surface area contributed by atoms with Crippen molar-refractivity contribution >= 4 is 11.8 Å². The minimum atomic E-state index is 0.477. The third kappa shape index (κ3) is 2.39. The van der Waals surface area contributed by atoms with Crippen LogP contribution in [0, 0.1) is 0 Å². The highest BCUT2D eigenvalue weighted by Crippen LogP contribution is 2.24. The Bertz CT molecular complexity index is 159. The van der Waals surface area contributed by atoms with Crippen LogP contribution in [0.4, 0.5) is 0 Å². The second kappa shape index (κ2) is 4.67. The average molecular weight is 201 g/mol. The summed E-state index contributed by atoms with van der Waals surface area (Å²) >= 11 is 2.07. The quantitative estimate of drug-likeness (QED) is 0.750. The molecule has 0 bridgehead atoms. The number of ether oxygens (including phenoxy) is 1. The molecule has 1 saturated heterocycles. The normalized spacial score (nSPS) is 39.9.